The van der Waals surface area contributed by atoms with Crippen LogP contribution in [0.15, 0.2) is 0 Å². The number of nitrogens with one attached hydrogen (secondary N) is 1. The fourth-order valence-corrected chi connectivity index (χ4v) is 4.00. The van der Waals surface area contributed by atoms with Crippen LogP contribution in [-0.2, 0) is 9.59 Å². The molecule has 0 aromatic carbocycles. The summed E-state index contributed by atoms with van der Waals surface area (Å²) in [7, 11) is 0. The van der Waals surface area contributed by atoms with E-state index in [4.69, 9.17) is 11.5 Å². The zero-order chi connectivity index (χ0) is 15.3. The molecule has 0 aromatic heterocycles. The van der Waals surface area contributed by atoms with Crippen LogP contribution in [0.1, 0.15) is 64.2 Å². The van der Waals surface area contributed by atoms with Gasteiger partial charge in [-0.15, -0.1) is 0 Å². The van der Waals surface area contributed by atoms with Gasteiger partial charge in [0.1, 0.15) is 0 Å². The summed E-state index contributed by atoms with van der Waals surface area (Å²) >= 11 is 0. The van der Waals surface area contributed by atoms with Gasteiger partial charge in [-0.2, -0.15) is 0 Å². The molecule has 0 aliphatic heterocycles. The molecule has 2 aliphatic carbocycles. The number of primary amides is 1. The highest BCUT2D eigenvalue weighted by Crippen LogP contribution is 2.38. The van der Waals surface area contributed by atoms with Gasteiger partial charge in [0.05, 0.1) is 5.92 Å². The highest BCUT2D eigenvalue weighted by molar-refractivity contribution is 5.81. The van der Waals surface area contributed by atoms with Crippen molar-refractivity contribution in [2.24, 2.45) is 22.8 Å². The van der Waals surface area contributed by atoms with E-state index in [0.717, 1.165) is 51.4 Å². The number of carbonyl (C=O) groups excluding carboxylic acids is 2. The van der Waals surface area contributed by atoms with Gasteiger partial charge in [-0.1, -0.05) is 32.1 Å². The third-order valence-corrected chi connectivity index (χ3v) is 5.36. The zero-order valence-electron chi connectivity index (χ0n) is 12.9. The standard InChI is InChI=1S/C16H29N3O2/c17-11-16(8-4-1-5-9-16)10-14(20)19-13-7-3-2-6-12(13)15(18)21/h12-13H,1-11,17H2,(H2,18,21)(H,19,20). The number of hydrogen-bond donors (Lipinski definition) is 3. The SMILES string of the molecule is NCC1(CC(=O)NC2CCCCC2C(N)=O)CCCCC1. The highest BCUT2D eigenvalue weighted by Gasteiger charge is 2.35. The van der Waals surface area contributed by atoms with Gasteiger partial charge in [0.2, 0.25) is 11.8 Å². The van der Waals surface area contributed by atoms with Crippen molar-refractivity contribution in [2.45, 2.75) is 70.3 Å². The molecule has 120 valence electrons. The molecule has 2 unspecified atom stereocenters. The first-order valence-electron chi connectivity index (χ1n) is 8.35. The van der Waals surface area contributed by atoms with Gasteiger partial charge in [0, 0.05) is 12.5 Å². The molecule has 2 amide bonds. The van der Waals surface area contributed by atoms with Crippen LogP contribution < -0.4 is 16.8 Å². The fraction of sp³-hybridized carbons (Fsp3) is 0.875. The summed E-state index contributed by atoms with van der Waals surface area (Å²) in [6.45, 7) is 0.574. The first kappa shape index (κ1) is 16.3. The third-order valence-electron chi connectivity index (χ3n) is 5.36. The molecule has 2 saturated carbocycles. The smallest absolute Gasteiger partial charge is 0.222 e. The Hall–Kier alpha value is -1.10. The van der Waals surface area contributed by atoms with Crippen molar-refractivity contribution in [3.05, 3.63) is 0 Å². The lowest BCUT2D eigenvalue weighted by Crippen LogP contribution is -2.48. The van der Waals surface area contributed by atoms with Gasteiger partial charge in [-0.25, -0.2) is 0 Å². The van der Waals surface area contributed by atoms with Crippen LogP contribution in [0.2, 0.25) is 0 Å². The maximum atomic E-state index is 12.4. The van der Waals surface area contributed by atoms with Gasteiger partial charge in [0.25, 0.3) is 0 Å². The number of amides is 2. The Labute approximate surface area is 127 Å². The molecule has 0 saturated heterocycles. The Balaban J connectivity index is 1.91. The van der Waals surface area contributed by atoms with E-state index in [9.17, 15) is 9.59 Å². The number of carbonyl (C=O) groups is 2. The second-order valence-corrected chi connectivity index (χ2v) is 6.91. The second kappa shape index (κ2) is 7.25. The third kappa shape index (κ3) is 4.19. The van der Waals surface area contributed by atoms with Gasteiger partial charge in [0.15, 0.2) is 0 Å². The van der Waals surface area contributed by atoms with E-state index in [1.54, 1.807) is 0 Å². The lowest BCUT2D eigenvalue weighted by molar-refractivity contribution is -0.127. The van der Waals surface area contributed by atoms with Crippen LogP contribution in [0.3, 0.4) is 0 Å². The fourth-order valence-electron chi connectivity index (χ4n) is 4.00. The molecule has 0 radical (unpaired) electrons. The molecule has 5 N–H and O–H groups in total. The Morgan fingerprint density at radius 2 is 1.71 bits per heavy atom. The van der Waals surface area contributed by atoms with Crippen molar-refractivity contribution in [1.29, 1.82) is 0 Å². The predicted octanol–water partition coefficient (Wildman–Crippen LogP) is 1.45. The van der Waals surface area contributed by atoms with Gasteiger partial charge in [-0.05, 0) is 37.6 Å². The minimum absolute atomic E-state index is 0.0286. The molecule has 21 heavy (non-hydrogen) atoms. The molecule has 5 nitrogen and oxygen atoms in total. The molecule has 2 rings (SSSR count). The summed E-state index contributed by atoms with van der Waals surface area (Å²) in [5, 5.41) is 3.06. The van der Waals surface area contributed by atoms with Crippen molar-refractivity contribution in [2.75, 3.05) is 6.54 Å². The molecule has 0 aromatic rings. The van der Waals surface area contributed by atoms with E-state index >= 15 is 0 Å². The van der Waals surface area contributed by atoms with Crippen molar-refractivity contribution in [3.8, 4) is 0 Å². The summed E-state index contributed by atoms with van der Waals surface area (Å²) in [5.74, 6) is -0.449. The van der Waals surface area contributed by atoms with E-state index in [-0.39, 0.29) is 29.2 Å². The predicted molar refractivity (Wildman–Crippen MR) is 82.3 cm³/mol. The van der Waals surface area contributed by atoms with E-state index in [1.807, 2.05) is 0 Å². The summed E-state index contributed by atoms with van der Waals surface area (Å²) in [6.07, 6.45) is 9.87. The average molecular weight is 295 g/mol. The normalized spacial score (nSPS) is 28.8. The molecular formula is C16H29N3O2. The number of nitrogens with two attached hydrogens (primary N) is 2. The maximum Gasteiger partial charge on any atom is 0.222 e. The van der Waals surface area contributed by atoms with E-state index in [2.05, 4.69) is 5.32 Å². The molecule has 2 fully saturated rings. The first-order chi connectivity index (χ1) is 10.1. The quantitative estimate of drug-likeness (QED) is 0.716. The Kier molecular flexibility index (Phi) is 5.62. The van der Waals surface area contributed by atoms with Crippen LogP contribution in [0.4, 0.5) is 0 Å². The molecule has 5 heteroatoms. The minimum Gasteiger partial charge on any atom is -0.369 e. The average Bonchev–Trinajstić information content (AvgIpc) is 2.48. The Bertz CT molecular complexity index is 378. The van der Waals surface area contributed by atoms with Crippen LogP contribution in [-0.4, -0.2) is 24.4 Å². The summed E-state index contributed by atoms with van der Waals surface area (Å²) in [6, 6.07) is -0.0813. The molecular weight excluding hydrogens is 266 g/mol. The Morgan fingerprint density at radius 1 is 1.05 bits per heavy atom. The minimum atomic E-state index is -0.286. The van der Waals surface area contributed by atoms with E-state index in [0.29, 0.717) is 13.0 Å². The maximum absolute atomic E-state index is 12.4. The highest BCUT2D eigenvalue weighted by atomic mass is 16.2. The largest absolute Gasteiger partial charge is 0.369 e. The van der Waals surface area contributed by atoms with Crippen LogP contribution in [0, 0.1) is 11.3 Å². The summed E-state index contributed by atoms with van der Waals surface area (Å²) < 4.78 is 0. The molecule has 0 heterocycles. The van der Waals surface area contributed by atoms with Crippen LogP contribution >= 0.6 is 0 Å². The van der Waals surface area contributed by atoms with Crippen LogP contribution in [0.5, 0.6) is 0 Å². The van der Waals surface area contributed by atoms with Crippen molar-refractivity contribution in [3.63, 3.8) is 0 Å². The van der Waals surface area contributed by atoms with E-state index in [1.165, 1.54) is 6.42 Å². The van der Waals surface area contributed by atoms with Crippen molar-refractivity contribution >= 4 is 11.8 Å². The number of rotatable bonds is 5. The van der Waals surface area contributed by atoms with Gasteiger partial charge >= 0.3 is 0 Å². The Morgan fingerprint density at radius 3 is 2.33 bits per heavy atom. The summed E-state index contributed by atoms with van der Waals surface area (Å²) in [4.78, 5) is 23.9. The number of hydrogen-bond acceptors (Lipinski definition) is 3. The van der Waals surface area contributed by atoms with Gasteiger partial charge in [-0.3, -0.25) is 9.59 Å². The van der Waals surface area contributed by atoms with Crippen molar-refractivity contribution in [1.82, 2.24) is 5.32 Å². The molecule has 0 spiro atoms. The first-order valence-corrected chi connectivity index (χ1v) is 8.35. The van der Waals surface area contributed by atoms with E-state index < -0.39 is 0 Å². The van der Waals surface area contributed by atoms with Gasteiger partial charge < -0.3 is 16.8 Å². The lowest BCUT2D eigenvalue weighted by Gasteiger charge is -2.37. The monoisotopic (exact) mass is 295 g/mol. The van der Waals surface area contributed by atoms with Crippen molar-refractivity contribution < 1.29 is 9.59 Å². The molecule has 2 aliphatic rings. The molecule has 0 bridgehead atoms. The van der Waals surface area contributed by atoms with Crippen LogP contribution in [0.25, 0.3) is 0 Å². The molecule has 2 atom stereocenters. The lowest BCUT2D eigenvalue weighted by atomic mass is 9.71. The zero-order valence-corrected chi connectivity index (χ0v) is 12.9. The topological polar surface area (TPSA) is 98.2 Å². The summed E-state index contributed by atoms with van der Waals surface area (Å²) in [5.41, 5.74) is 11.4. The second-order valence-electron chi connectivity index (χ2n) is 6.91.